The maximum atomic E-state index is 14.2. The molecule has 0 spiro atoms. The summed E-state index contributed by atoms with van der Waals surface area (Å²) in [5, 5.41) is 24.2. The van der Waals surface area contributed by atoms with Gasteiger partial charge in [-0.15, -0.1) is 6.58 Å². The minimum atomic E-state index is -0.884. The van der Waals surface area contributed by atoms with Crippen molar-refractivity contribution in [1.29, 1.82) is 0 Å². The number of para-hydroxylation sites is 1. The molecule has 2 atom stereocenters. The van der Waals surface area contributed by atoms with E-state index in [-0.39, 0.29) is 50.2 Å². The Labute approximate surface area is 259 Å². The van der Waals surface area contributed by atoms with Gasteiger partial charge in [-0.3, -0.25) is 14.7 Å². The normalized spacial score (nSPS) is 18.9. The summed E-state index contributed by atoms with van der Waals surface area (Å²) in [6, 6.07) is 20.4. The molecule has 0 bridgehead atoms. The average Bonchev–Trinajstić information content (AvgIpc) is 3.41. The molecule has 2 aliphatic heterocycles. The van der Waals surface area contributed by atoms with Crippen molar-refractivity contribution in [2.24, 2.45) is 0 Å². The Kier molecular flexibility index (Phi) is 8.23. The van der Waals surface area contributed by atoms with E-state index in [2.05, 4.69) is 22.1 Å². The summed E-state index contributed by atoms with van der Waals surface area (Å²) in [6.07, 6.45) is 1.07. The monoisotopic (exact) mass is 613 g/mol. The largest absolute Gasteiger partial charge is 0.508 e. The number of hydrogen-bond donors (Lipinski definition) is 3. The number of nitrogens with zero attached hydrogens (tertiary/aromatic N) is 5. The molecule has 4 aromatic rings. The van der Waals surface area contributed by atoms with Gasteiger partial charge >= 0.3 is 6.03 Å². The van der Waals surface area contributed by atoms with Gasteiger partial charge in [-0.1, -0.05) is 72.3 Å². The zero-order chi connectivity index (χ0) is 30.8. The number of benzene rings is 3. The van der Waals surface area contributed by atoms with Crippen molar-refractivity contribution >= 4 is 40.3 Å². The van der Waals surface area contributed by atoms with Crippen LogP contribution in [0.25, 0.3) is 10.9 Å². The Morgan fingerprint density at radius 2 is 1.84 bits per heavy atom. The number of aromatic amines is 1. The van der Waals surface area contributed by atoms with Crippen LogP contribution in [0.3, 0.4) is 0 Å². The summed E-state index contributed by atoms with van der Waals surface area (Å²) in [7, 11) is 0. The van der Waals surface area contributed by atoms with Gasteiger partial charge in [0.2, 0.25) is 11.8 Å². The van der Waals surface area contributed by atoms with E-state index in [1.807, 2.05) is 48.5 Å². The first-order valence-corrected chi connectivity index (χ1v) is 14.7. The zero-order valence-corrected chi connectivity index (χ0v) is 24.7. The van der Waals surface area contributed by atoms with Crippen molar-refractivity contribution in [3.63, 3.8) is 0 Å². The number of phenols is 1. The number of halogens is 1. The maximum Gasteiger partial charge on any atom is 0.334 e. The van der Waals surface area contributed by atoms with E-state index in [1.165, 1.54) is 0 Å². The van der Waals surface area contributed by atoms with Crippen molar-refractivity contribution < 1.29 is 19.5 Å². The molecular weight excluding hydrogens is 582 g/mol. The van der Waals surface area contributed by atoms with Crippen molar-refractivity contribution in [2.45, 2.75) is 31.7 Å². The fraction of sp³-hybridized carbons (Fsp3) is 0.250. The Morgan fingerprint density at radius 1 is 1.07 bits per heavy atom. The number of fused-ring (bicyclic) bond motifs is 2. The van der Waals surface area contributed by atoms with Crippen molar-refractivity contribution in [2.75, 3.05) is 19.6 Å². The van der Waals surface area contributed by atoms with Crippen LogP contribution in [-0.2, 0) is 29.1 Å². The molecule has 0 saturated carbocycles. The lowest BCUT2D eigenvalue weighted by Gasteiger charge is -2.55. The van der Waals surface area contributed by atoms with E-state index >= 15 is 0 Å². The highest BCUT2D eigenvalue weighted by Gasteiger charge is 2.51. The van der Waals surface area contributed by atoms with Gasteiger partial charge in [-0.25, -0.2) is 14.8 Å². The third-order valence-corrected chi connectivity index (χ3v) is 8.32. The van der Waals surface area contributed by atoms with Crippen LogP contribution in [0.1, 0.15) is 16.7 Å². The van der Waals surface area contributed by atoms with Crippen LogP contribution in [-0.4, -0.2) is 84.8 Å². The summed E-state index contributed by atoms with van der Waals surface area (Å²) >= 11 is 6.27. The molecule has 3 heterocycles. The molecule has 0 radical (unpaired) electrons. The number of carbonyl (C=O) groups is 3. The first-order valence-electron chi connectivity index (χ1n) is 14.3. The molecule has 2 fully saturated rings. The molecule has 12 heteroatoms. The number of nitrogens with one attached hydrogen (secondary N) is 2. The molecule has 0 aliphatic carbocycles. The van der Waals surface area contributed by atoms with Gasteiger partial charge in [0.25, 0.3) is 0 Å². The highest BCUT2D eigenvalue weighted by atomic mass is 35.5. The number of hydrazine groups is 1. The second-order valence-electron chi connectivity index (χ2n) is 10.9. The molecule has 1 unspecified atom stereocenters. The van der Waals surface area contributed by atoms with Gasteiger partial charge in [0.15, 0.2) is 5.15 Å². The molecule has 3 aromatic carbocycles. The van der Waals surface area contributed by atoms with E-state index in [9.17, 15) is 19.5 Å². The predicted molar refractivity (Wildman–Crippen MR) is 165 cm³/mol. The number of piperazine rings is 1. The molecule has 226 valence electrons. The standard InChI is InChI=1S/C32H32ClN7O4/c1-2-15-38-20-28(42)39-26(16-21-11-13-24(41)14-12-21)31(43)37(18-23-9-6-10-25-29(23)35-36-30(25)33)19-27(39)40(38)32(44)34-17-22-7-4-3-5-8-22/h2-14,26-27,41H,1,15-20H2,(H,34,44)(H,35,36)/t26?,27-/m0/s1. The molecule has 3 N–H and O–H groups in total. The van der Waals surface area contributed by atoms with Gasteiger partial charge in [-0.2, -0.15) is 5.10 Å². The van der Waals surface area contributed by atoms with Crippen LogP contribution in [0.2, 0.25) is 5.15 Å². The number of aromatic nitrogens is 2. The number of hydrogen-bond acceptors (Lipinski definition) is 6. The van der Waals surface area contributed by atoms with Crippen molar-refractivity contribution in [3.05, 3.63) is 107 Å². The van der Waals surface area contributed by atoms with Gasteiger partial charge in [0.1, 0.15) is 18.0 Å². The lowest BCUT2D eigenvalue weighted by Crippen LogP contribution is -2.76. The lowest BCUT2D eigenvalue weighted by molar-refractivity contribution is -0.189. The second kappa shape index (κ2) is 12.4. The summed E-state index contributed by atoms with van der Waals surface area (Å²) in [5.74, 6) is -0.403. The quantitative estimate of drug-likeness (QED) is 0.261. The SMILES string of the molecule is C=CCN1CC(=O)N2C(Cc3ccc(O)cc3)C(=O)N(Cc3cccc4c(Cl)n[nH]c34)C[C@@H]2N1C(=O)NCc1ccccc1. The van der Waals surface area contributed by atoms with Gasteiger partial charge in [0, 0.05) is 31.4 Å². The van der Waals surface area contributed by atoms with Crippen LogP contribution in [0.15, 0.2) is 85.5 Å². The summed E-state index contributed by atoms with van der Waals surface area (Å²) in [4.78, 5) is 45.1. The highest BCUT2D eigenvalue weighted by molar-refractivity contribution is 6.34. The lowest BCUT2D eigenvalue weighted by atomic mass is 9.98. The highest BCUT2D eigenvalue weighted by Crippen LogP contribution is 2.31. The maximum absolute atomic E-state index is 14.2. The van der Waals surface area contributed by atoms with Gasteiger partial charge in [-0.05, 0) is 34.9 Å². The number of aromatic hydroxyl groups is 1. The molecule has 2 aliphatic rings. The van der Waals surface area contributed by atoms with Crippen LogP contribution in [0.4, 0.5) is 4.79 Å². The van der Waals surface area contributed by atoms with E-state index in [0.717, 1.165) is 22.1 Å². The zero-order valence-electron chi connectivity index (χ0n) is 23.9. The molecule has 2 saturated heterocycles. The van der Waals surface area contributed by atoms with Crippen LogP contribution in [0, 0.1) is 0 Å². The fourth-order valence-electron chi connectivity index (χ4n) is 5.96. The van der Waals surface area contributed by atoms with Crippen LogP contribution in [0.5, 0.6) is 5.75 Å². The topological polar surface area (TPSA) is 125 Å². The number of phenolic OH excluding ortho intramolecular Hbond substituents is 1. The molecule has 11 nitrogen and oxygen atoms in total. The Hall–Kier alpha value is -4.87. The number of carbonyl (C=O) groups excluding carboxylic acids is 3. The average molecular weight is 614 g/mol. The summed E-state index contributed by atoms with van der Waals surface area (Å²) in [5.41, 5.74) is 3.22. The minimum Gasteiger partial charge on any atom is -0.508 e. The smallest absolute Gasteiger partial charge is 0.334 e. The fourth-order valence-corrected chi connectivity index (χ4v) is 6.16. The summed E-state index contributed by atoms with van der Waals surface area (Å²) in [6.45, 7) is 4.59. The van der Waals surface area contributed by atoms with Crippen molar-refractivity contribution in [3.8, 4) is 5.75 Å². The van der Waals surface area contributed by atoms with E-state index in [1.54, 1.807) is 50.2 Å². The Balaban J connectivity index is 1.37. The minimum absolute atomic E-state index is 0.0846. The van der Waals surface area contributed by atoms with E-state index in [4.69, 9.17) is 11.6 Å². The third-order valence-electron chi connectivity index (χ3n) is 8.03. The molecule has 6 rings (SSSR count). The van der Waals surface area contributed by atoms with E-state index in [0.29, 0.717) is 17.2 Å². The number of H-pyrrole nitrogens is 1. The summed E-state index contributed by atoms with van der Waals surface area (Å²) < 4.78 is 0. The molecule has 44 heavy (non-hydrogen) atoms. The molecule has 4 amide bonds. The Bertz CT molecular complexity index is 1690. The number of amides is 4. The van der Waals surface area contributed by atoms with Crippen LogP contribution < -0.4 is 5.32 Å². The number of rotatable bonds is 8. The molecular formula is C32H32ClN7O4. The van der Waals surface area contributed by atoms with Crippen molar-refractivity contribution in [1.82, 2.24) is 35.3 Å². The second-order valence-corrected chi connectivity index (χ2v) is 11.2. The van der Waals surface area contributed by atoms with Crippen LogP contribution >= 0.6 is 11.6 Å². The van der Waals surface area contributed by atoms with Gasteiger partial charge < -0.3 is 20.2 Å². The first-order chi connectivity index (χ1) is 21.3. The van der Waals surface area contributed by atoms with E-state index < -0.39 is 18.2 Å². The predicted octanol–water partition coefficient (Wildman–Crippen LogP) is 3.66. The molecule has 1 aromatic heterocycles. The Morgan fingerprint density at radius 3 is 2.59 bits per heavy atom. The van der Waals surface area contributed by atoms with Gasteiger partial charge in [0.05, 0.1) is 18.6 Å². The first kappa shape index (κ1) is 29.2. The third kappa shape index (κ3) is 5.71. The number of urea groups is 1.